The van der Waals surface area contributed by atoms with Gasteiger partial charge in [-0.1, -0.05) is 30.3 Å². The molecule has 4 aromatic carbocycles. The highest BCUT2D eigenvalue weighted by Crippen LogP contribution is 2.34. The lowest BCUT2D eigenvalue weighted by Crippen LogP contribution is -2.36. The average Bonchev–Trinajstić information content (AvgIpc) is 3.09. The minimum absolute atomic E-state index is 0.00273. The molecule has 1 heterocycles. The summed E-state index contributed by atoms with van der Waals surface area (Å²) in [4.78, 5) is 41.9. The number of nitrogens with zero attached hydrogens (tertiary/aromatic N) is 2. The molecule has 5 rings (SSSR count). The van der Waals surface area contributed by atoms with E-state index in [0.717, 1.165) is 22.4 Å². The number of nitrogens with one attached hydrogen (secondary N) is 1. The highest BCUT2D eigenvalue weighted by Gasteiger charge is 2.21. The Balaban J connectivity index is 1.44. The first-order valence-electron chi connectivity index (χ1n) is 15.1. The van der Waals surface area contributed by atoms with Crippen LogP contribution in [-0.4, -0.2) is 74.9 Å². The number of aliphatic carboxylic acids is 1. The number of benzene rings is 4. The van der Waals surface area contributed by atoms with Gasteiger partial charge in [0.1, 0.15) is 5.82 Å². The number of morpholine rings is 1. The summed E-state index contributed by atoms with van der Waals surface area (Å²) < 4.78 is 30.0. The number of carboxylic acid groups (broad SMARTS) is 1. The van der Waals surface area contributed by atoms with E-state index in [0.29, 0.717) is 49.1 Å². The third kappa shape index (κ3) is 8.25. The molecule has 0 spiro atoms. The predicted molar refractivity (Wildman–Crippen MR) is 176 cm³/mol. The van der Waals surface area contributed by atoms with Crippen LogP contribution in [0.4, 0.5) is 15.8 Å². The third-order valence-electron chi connectivity index (χ3n) is 7.83. The van der Waals surface area contributed by atoms with Crippen LogP contribution < -0.4 is 19.7 Å². The van der Waals surface area contributed by atoms with Crippen LogP contribution in [-0.2, 0) is 16.1 Å². The summed E-state index contributed by atoms with van der Waals surface area (Å²) in [5.41, 5.74) is 4.33. The van der Waals surface area contributed by atoms with Crippen LogP contribution in [0.5, 0.6) is 11.5 Å². The summed E-state index contributed by atoms with van der Waals surface area (Å²) >= 11 is 0. The van der Waals surface area contributed by atoms with Gasteiger partial charge in [0.2, 0.25) is 0 Å². The van der Waals surface area contributed by atoms with Crippen LogP contribution in [0, 0.1) is 5.82 Å². The Labute approximate surface area is 272 Å². The van der Waals surface area contributed by atoms with E-state index in [1.165, 1.54) is 37.3 Å². The van der Waals surface area contributed by atoms with Crippen molar-refractivity contribution in [3.05, 3.63) is 107 Å². The molecular weight excluding hydrogens is 605 g/mol. The molecule has 4 aromatic rings. The minimum Gasteiger partial charge on any atom is -0.493 e. The Morgan fingerprint density at radius 1 is 0.872 bits per heavy atom. The molecule has 0 aliphatic carbocycles. The number of hydrogen-bond acceptors (Lipinski definition) is 7. The van der Waals surface area contributed by atoms with Gasteiger partial charge in [-0.15, -0.1) is 0 Å². The number of methoxy groups -OCH3 is 2. The van der Waals surface area contributed by atoms with Crippen molar-refractivity contribution in [1.82, 2.24) is 4.90 Å². The number of carboxylic acids is 1. The standard InChI is InChI=1S/C36H36FN3O7/c1-45-32-12-10-28(22-33(32)46-2)36(44)40(14-13-34(41)42)23-24-5-3-6-25(19-24)26-9-11-31(39-15-17-47-18-16-39)30(21-26)38-35(43)27-7-4-8-29(37)20-27/h3-12,19-22H,13-18,23H2,1-2H3,(H,38,43)(H,41,42). The monoisotopic (exact) mass is 641 g/mol. The molecule has 0 saturated carbocycles. The van der Waals surface area contributed by atoms with Gasteiger partial charge >= 0.3 is 5.97 Å². The van der Waals surface area contributed by atoms with E-state index in [1.54, 1.807) is 24.3 Å². The van der Waals surface area contributed by atoms with E-state index >= 15 is 0 Å². The Morgan fingerprint density at radius 3 is 2.34 bits per heavy atom. The number of carbonyl (C=O) groups excluding carboxylic acids is 2. The van der Waals surface area contributed by atoms with Gasteiger partial charge in [-0.25, -0.2) is 4.39 Å². The van der Waals surface area contributed by atoms with Gasteiger partial charge in [-0.3, -0.25) is 14.4 Å². The van der Waals surface area contributed by atoms with E-state index in [9.17, 15) is 23.9 Å². The van der Waals surface area contributed by atoms with E-state index < -0.39 is 17.7 Å². The molecule has 2 amide bonds. The van der Waals surface area contributed by atoms with Crippen LogP contribution in [0.2, 0.25) is 0 Å². The summed E-state index contributed by atoms with van der Waals surface area (Å²) in [5, 5.41) is 12.4. The molecule has 0 bridgehead atoms. The molecule has 0 aromatic heterocycles. The molecule has 47 heavy (non-hydrogen) atoms. The molecule has 1 saturated heterocycles. The van der Waals surface area contributed by atoms with Crippen molar-refractivity contribution in [2.75, 3.05) is 57.3 Å². The van der Waals surface area contributed by atoms with Crippen molar-refractivity contribution in [2.45, 2.75) is 13.0 Å². The zero-order valence-corrected chi connectivity index (χ0v) is 26.2. The number of halogens is 1. The Hall–Kier alpha value is -5.42. The number of rotatable bonds is 12. The van der Waals surface area contributed by atoms with E-state index in [1.807, 2.05) is 42.5 Å². The SMILES string of the molecule is COc1ccc(C(=O)N(CCC(=O)O)Cc2cccc(-c3ccc(N4CCOCC4)c(NC(=O)c4cccc(F)c4)c3)c2)cc1OC. The maximum atomic E-state index is 13.9. The largest absolute Gasteiger partial charge is 0.493 e. The van der Waals surface area contributed by atoms with Gasteiger partial charge in [0.25, 0.3) is 11.8 Å². The first-order valence-corrected chi connectivity index (χ1v) is 15.1. The number of anilines is 2. The molecule has 244 valence electrons. The fourth-order valence-corrected chi connectivity index (χ4v) is 5.42. The normalized spacial score (nSPS) is 12.7. The van der Waals surface area contributed by atoms with Crippen molar-refractivity contribution < 1.29 is 38.1 Å². The second kappa shape index (κ2) is 15.2. The van der Waals surface area contributed by atoms with Gasteiger partial charge in [0.15, 0.2) is 11.5 Å². The highest BCUT2D eigenvalue weighted by molar-refractivity contribution is 6.06. The second-order valence-electron chi connectivity index (χ2n) is 10.9. The van der Waals surface area contributed by atoms with Gasteiger partial charge in [-0.05, 0) is 71.3 Å². The number of carbonyl (C=O) groups is 3. The topological polar surface area (TPSA) is 118 Å². The molecule has 0 radical (unpaired) electrons. The van der Waals surface area contributed by atoms with E-state index in [-0.39, 0.29) is 31.0 Å². The first-order chi connectivity index (χ1) is 22.7. The molecule has 1 aliphatic rings. The molecule has 1 fully saturated rings. The van der Waals surface area contributed by atoms with E-state index in [2.05, 4.69) is 10.2 Å². The van der Waals surface area contributed by atoms with Gasteiger partial charge in [-0.2, -0.15) is 0 Å². The van der Waals surface area contributed by atoms with Crippen LogP contribution >= 0.6 is 0 Å². The van der Waals surface area contributed by atoms with Crippen LogP contribution in [0.15, 0.2) is 84.9 Å². The lowest BCUT2D eigenvalue weighted by molar-refractivity contribution is -0.137. The van der Waals surface area contributed by atoms with Gasteiger partial charge in [0, 0.05) is 37.3 Å². The summed E-state index contributed by atoms with van der Waals surface area (Å²) in [6, 6.07) is 23.7. The molecule has 0 atom stereocenters. The summed E-state index contributed by atoms with van der Waals surface area (Å²) in [6.45, 7) is 2.57. The number of amides is 2. The molecule has 2 N–H and O–H groups in total. The lowest BCUT2D eigenvalue weighted by atomic mass is 10.0. The maximum absolute atomic E-state index is 13.9. The Morgan fingerprint density at radius 2 is 1.62 bits per heavy atom. The highest BCUT2D eigenvalue weighted by atomic mass is 19.1. The van der Waals surface area contributed by atoms with Gasteiger partial charge < -0.3 is 34.4 Å². The number of ether oxygens (including phenoxy) is 3. The molecule has 10 nitrogen and oxygen atoms in total. The maximum Gasteiger partial charge on any atom is 0.305 e. The fourth-order valence-electron chi connectivity index (χ4n) is 5.42. The van der Waals surface area contributed by atoms with Crippen molar-refractivity contribution in [2.24, 2.45) is 0 Å². The smallest absolute Gasteiger partial charge is 0.305 e. The quantitative estimate of drug-likeness (QED) is 0.202. The van der Waals surface area contributed by atoms with E-state index in [4.69, 9.17) is 14.2 Å². The van der Waals surface area contributed by atoms with Crippen molar-refractivity contribution >= 4 is 29.2 Å². The molecule has 11 heteroatoms. The zero-order valence-electron chi connectivity index (χ0n) is 26.2. The molecular formula is C36H36FN3O7. The van der Waals surface area contributed by atoms with Crippen molar-refractivity contribution in [3.8, 4) is 22.6 Å². The Kier molecular flexibility index (Phi) is 10.7. The lowest BCUT2D eigenvalue weighted by Gasteiger charge is -2.31. The van der Waals surface area contributed by atoms with Crippen molar-refractivity contribution in [1.29, 1.82) is 0 Å². The van der Waals surface area contributed by atoms with Crippen LogP contribution in [0.25, 0.3) is 11.1 Å². The summed E-state index contributed by atoms with van der Waals surface area (Å²) in [7, 11) is 2.98. The average molecular weight is 642 g/mol. The van der Waals surface area contributed by atoms with Crippen LogP contribution in [0.3, 0.4) is 0 Å². The zero-order chi connectivity index (χ0) is 33.3. The third-order valence-corrected chi connectivity index (χ3v) is 7.83. The first kappa shape index (κ1) is 33.0. The van der Waals surface area contributed by atoms with Gasteiger partial charge in [0.05, 0.1) is 45.2 Å². The van der Waals surface area contributed by atoms with Crippen LogP contribution in [0.1, 0.15) is 32.7 Å². The fraction of sp³-hybridized carbons (Fsp3) is 0.250. The predicted octanol–water partition coefficient (Wildman–Crippen LogP) is 5.72. The molecule has 0 unspecified atom stereocenters. The second-order valence-corrected chi connectivity index (χ2v) is 10.9. The minimum atomic E-state index is -1.02. The summed E-state index contributed by atoms with van der Waals surface area (Å²) in [6.07, 6.45) is -0.226. The molecule has 1 aliphatic heterocycles. The number of hydrogen-bond donors (Lipinski definition) is 2. The Bertz CT molecular complexity index is 1760. The van der Waals surface area contributed by atoms with Crippen molar-refractivity contribution in [3.63, 3.8) is 0 Å². The summed E-state index contributed by atoms with van der Waals surface area (Å²) in [5.74, 6) is -1.45.